The number of aryl methyl sites for hydroxylation is 2. The highest BCUT2D eigenvalue weighted by atomic mass is 15.3. The zero-order chi connectivity index (χ0) is 10.1. The molecule has 0 spiro atoms. The van der Waals surface area contributed by atoms with Crippen molar-refractivity contribution in [3.63, 3.8) is 0 Å². The summed E-state index contributed by atoms with van der Waals surface area (Å²) in [4.78, 5) is 8.28. The third-order valence-electron chi connectivity index (χ3n) is 1.91. The molecule has 2 heterocycles. The smallest absolute Gasteiger partial charge is 0.159 e. The van der Waals surface area contributed by atoms with Gasteiger partial charge in [-0.15, -0.1) is 0 Å². The highest BCUT2D eigenvalue weighted by Gasteiger charge is 2.06. The summed E-state index contributed by atoms with van der Waals surface area (Å²) in [5.41, 5.74) is 6.41. The maximum Gasteiger partial charge on any atom is 0.159 e. The Labute approximate surface area is 81.6 Å². The first-order chi connectivity index (χ1) is 6.66. The molecule has 0 fully saturated rings. The average Bonchev–Trinajstić information content (AvgIpc) is 2.47. The van der Waals surface area contributed by atoms with E-state index in [2.05, 4.69) is 15.1 Å². The Morgan fingerprint density at radius 2 is 2.14 bits per heavy atom. The van der Waals surface area contributed by atoms with E-state index in [1.54, 1.807) is 16.9 Å². The van der Waals surface area contributed by atoms with Crippen molar-refractivity contribution in [2.75, 3.05) is 5.73 Å². The van der Waals surface area contributed by atoms with E-state index in [-0.39, 0.29) is 0 Å². The van der Waals surface area contributed by atoms with E-state index in [4.69, 9.17) is 5.73 Å². The van der Waals surface area contributed by atoms with Crippen LogP contribution in [0.5, 0.6) is 0 Å². The van der Waals surface area contributed by atoms with E-state index in [1.807, 2.05) is 20.0 Å². The Hall–Kier alpha value is -1.91. The molecule has 0 atom stereocenters. The van der Waals surface area contributed by atoms with E-state index >= 15 is 0 Å². The van der Waals surface area contributed by atoms with Gasteiger partial charge in [-0.1, -0.05) is 0 Å². The topological polar surface area (TPSA) is 69.6 Å². The molecule has 0 saturated carbocycles. The van der Waals surface area contributed by atoms with Gasteiger partial charge in [0.2, 0.25) is 0 Å². The molecule has 0 bridgehead atoms. The Morgan fingerprint density at radius 3 is 2.64 bits per heavy atom. The molecule has 2 N–H and O–H groups in total. The zero-order valence-electron chi connectivity index (χ0n) is 8.10. The lowest BCUT2D eigenvalue weighted by atomic mass is 10.2. The van der Waals surface area contributed by atoms with Crippen molar-refractivity contribution in [2.45, 2.75) is 6.92 Å². The summed E-state index contributed by atoms with van der Waals surface area (Å²) in [7, 11) is 1.85. The predicted molar refractivity (Wildman–Crippen MR) is 53.4 cm³/mol. The molecule has 2 aromatic rings. The van der Waals surface area contributed by atoms with Crippen LogP contribution in [-0.4, -0.2) is 19.7 Å². The number of anilines is 1. The maximum atomic E-state index is 5.49. The zero-order valence-corrected chi connectivity index (χ0v) is 8.10. The largest absolute Gasteiger partial charge is 0.384 e. The number of nitrogens with two attached hydrogens (primary N) is 1. The van der Waals surface area contributed by atoms with E-state index < -0.39 is 0 Å². The van der Waals surface area contributed by atoms with Gasteiger partial charge in [-0.25, -0.2) is 14.6 Å². The molecule has 2 rings (SSSR count). The Balaban J connectivity index is 2.49. The van der Waals surface area contributed by atoms with E-state index in [1.165, 1.54) is 0 Å². The molecule has 0 unspecified atom stereocenters. The van der Waals surface area contributed by atoms with Crippen molar-refractivity contribution in [2.24, 2.45) is 7.05 Å². The number of rotatable bonds is 1. The monoisotopic (exact) mass is 189 g/mol. The van der Waals surface area contributed by atoms with Crippen LogP contribution in [-0.2, 0) is 7.05 Å². The van der Waals surface area contributed by atoms with E-state index in [0.717, 1.165) is 17.2 Å². The summed E-state index contributed by atoms with van der Waals surface area (Å²) < 4.78 is 1.72. The molecule has 2 aromatic heterocycles. The van der Waals surface area contributed by atoms with Crippen LogP contribution in [0.3, 0.4) is 0 Å². The molecular formula is C9H11N5. The van der Waals surface area contributed by atoms with Crippen LogP contribution in [0, 0.1) is 6.92 Å². The highest BCUT2D eigenvalue weighted by molar-refractivity contribution is 5.55. The second-order valence-corrected chi connectivity index (χ2v) is 3.08. The van der Waals surface area contributed by atoms with Crippen LogP contribution in [0.15, 0.2) is 18.3 Å². The molecule has 14 heavy (non-hydrogen) atoms. The van der Waals surface area contributed by atoms with Gasteiger partial charge in [0.05, 0.1) is 0 Å². The molecule has 5 nitrogen and oxygen atoms in total. The van der Waals surface area contributed by atoms with Crippen LogP contribution < -0.4 is 5.73 Å². The second-order valence-electron chi connectivity index (χ2n) is 3.08. The Morgan fingerprint density at radius 1 is 1.36 bits per heavy atom. The number of aromatic nitrogens is 4. The summed E-state index contributed by atoms with van der Waals surface area (Å²) in [5, 5.41) is 4.16. The summed E-state index contributed by atoms with van der Waals surface area (Å²) in [5.74, 6) is 2.06. The standard InChI is InChI=1S/C9H11N5/c1-6-12-9(14(2)13-6)7-3-4-8(10)11-5-7/h3-5H,1-2H3,(H2,10,11). The minimum atomic E-state index is 0.507. The Bertz CT molecular complexity index is 443. The van der Waals surface area contributed by atoms with Gasteiger partial charge in [-0.05, 0) is 19.1 Å². The molecule has 0 aliphatic carbocycles. The van der Waals surface area contributed by atoms with Crippen LogP contribution in [0.25, 0.3) is 11.4 Å². The van der Waals surface area contributed by atoms with Gasteiger partial charge in [0.15, 0.2) is 5.82 Å². The summed E-state index contributed by atoms with van der Waals surface area (Å²) in [6.07, 6.45) is 1.69. The molecule has 0 amide bonds. The van der Waals surface area contributed by atoms with Crippen molar-refractivity contribution >= 4 is 5.82 Å². The lowest BCUT2D eigenvalue weighted by Gasteiger charge is -1.99. The quantitative estimate of drug-likeness (QED) is 0.719. The third-order valence-corrected chi connectivity index (χ3v) is 1.91. The van der Waals surface area contributed by atoms with Crippen LogP contribution in [0.1, 0.15) is 5.82 Å². The van der Waals surface area contributed by atoms with Gasteiger partial charge < -0.3 is 5.73 Å². The van der Waals surface area contributed by atoms with Crippen molar-refractivity contribution in [1.29, 1.82) is 0 Å². The lowest BCUT2D eigenvalue weighted by Crippen LogP contribution is -1.96. The first-order valence-electron chi connectivity index (χ1n) is 4.26. The average molecular weight is 189 g/mol. The summed E-state index contributed by atoms with van der Waals surface area (Å²) in [6.45, 7) is 1.86. The fourth-order valence-corrected chi connectivity index (χ4v) is 1.30. The fraction of sp³-hybridized carbons (Fsp3) is 0.222. The van der Waals surface area contributed by atoms with Crippen LogP contribution in [0.2, 0.25) is 0 Å². The number of pyridine rings is 1. The number of nitrogen functional groups attached to an aromatic ring is 1. The second kappa shape index (κ2) is 3.10. The molecular weight excluding hydrogens is 178 g/mol. The van der Waals surface area contributed by atoms with Gasteiger partial charge in [0.1, 0.15) is 11.6 Å². The van der Waals surface area contributed by atoms with Crippen LogP contribution in [0.4, 0.5) is 5.82 Å². The fourth-order valence-electron chi connectivity index (χ4n) is 1.30. The maximum absolute atomic E-state index is 5.49. The van der Waals surface area contributed by atoms with Gasteiger partial charge in [-0.3, -0.25) is 0 Å². The molecule has 0 aliphatic heterocycles. The van der Waals surface area contributed by atoms with Crippen LogP contribution >= 0.6 is 0 Å². The van der Waals surface area contributed by atoms with Crippen molar-refractivity contribution in [1.82, 2.24) is 19.7 Å². The minimum absolute atomic E-state index is 0.507. The number of nitrogens with zero attached hydrogens (tertiary/aromatic N) is 4. The number of hydrogen-bond acceptors (Lipinski definition) is 4. The van der Waals surface area contributed by atoms with E-state index in [0.29, 0.717) is 5.82 Å². The molecule has 72 valence electrons. The first-order valence-corrected chi connectivity index (χ1v) is 4.26. The van der Waals surface area contributed by atoms with Gasteiger partial charge in [-0.2, -0.15) is 5.10 Å². The molecule has 0 radical (unpaired) electrons. The predicted octanol–water partition coefficient (Wildman–Crippen LogP) is 0.768. The molecule has 0 aromatic carbocycles. The summed E-state index contributed by atoms with van der Waals surface area (Å²) in [6, 6.07) is 3.63. The molecule has 0 aliphatic rings. The Kier molecular flexibility index (Phi) is 1.92. The lowest BCUT2D eigenvalue weighted by molar-refractivity contribution is 0.763. The minimum Gasteiger partial charge on any atom is -0.384 e. The molecule has 0 saturated heterocycles. The van der Waals surface area contributed by atoms with Crippen molar-refractivity contribution in [3.05, 3.63) is 24.2 Å². The normalized spacial score (nSPS) is 10.4. The van der Waals surface area contributed by atoms with Gasteiger partial charge >= 0.3 is 0 Å². The SMILES string of the molecule is Cc1nc(-c2ccc(N)nc2)n(C)n1. The highest BCUT2D eigenvalue weighted by Crippen LogP contribution is 2.15. The van der Waals surface area contributed by atoms with Gasteiger partial charge in [0.25, 0.3) is 0 Å². The third kappa shape index (κ3) is 1.44. The first kappa shape index (κ1) is 8.68. The van der Waals surface area contributed by atoms with E-state index in [9.17, 15) is 0 Å². The molecule has 5 heteroatoms. The van der Waals surface area contributed by atoms with Gasteiger partial charge in [0, 0.05) is 18.8 Å². The summed E-state index contributed by atoms with van der Waals surface area (Å²) >= 11 is 0. The number of hydrogen-bond donors (Lipinski definition) is 1. The van der Waals surface area contributed by atoms with Crippen molar-refractivity contribution in [3.8, 4) is 11.4 Å². The van der Waals surface area contributed by atoms with Crippen molar-refractivity contribution < 1.29 is 0 Å².